The van der Waals surface area contributed by atoms with Gasteiger partial charge in [0.1, 0.15) is 0 Å². The molecule has 0 bridgehead atoms. The molecular formula is C36H48F2N2O2. The summed E-state index contributed by atoms with van der Waals surface area (Å²) in [6.07, 6.45) is 7.68. The van der Waals surface area contributed by atoms with Gasteiger partial charge in [-0.25, -0.2) is 8.78 Å². The second-order valence-corrected chi connectivity index (χ2v) is 11.9. The summed E-state index contributed by atoms with van der Waals surface area (Å²) in [4.78, 5) is 0. The van der Waals surface area contributed by atoms with Crippen molar-refractivity contribution in [1.82, 2.24) is 10.6 Å². The molecule has 0 saturated carbocycles. The summed E-state index contributed by atoms with van der Waals surface area (Å²) in [5.74, 6) is 12.2. The highest BCUT2D eigenvalue weighted by Gasteiger charge is 2.10. The standard InChI is InChI=1S/2C18H24FNO/c2*1-14(15-9-10-16(19)17(13-15)21-5)20-12-8-6-7-11-18(2,3)4/h2*6,8-10,13-14,20H,12H2,1-5H3/b8-6+;8-6-/t2*14-/m11/s1. The number of hydrogen-bond acceptors (Lipinski definition) is 4. The number of rotatable bonds is 10. The van der Waals surface area contributed by atoms with E-state index in [1.165, 1.54) is 26.4 Å². The molecule has 0 saturated heterocycles. The molecule has 2 N–H and O–H groups in total. The van der Waals surface area contributed by atoms with E-state index in [0.717, 1.165) is 11.1 Å². The van der Waals surface area contributed by atoms with Gasteiger partial charge in [0, 0.05) is 36.0 Å². The Labute approximate surface area is 253 Å². The Balaban J connectivity index is 0.000000420. The van der Waals surface area contributed by atoms with Gasteiger partial charge in [-0.15, -0.1) is 0 Å². The molecule has 2 atom stereocenters. The van der Waals surface area contributed by atoms with Crippen LogP contribution in [-0.2, 0) is 0 Å². The van der Waals surface area contributed by atoms with Crippen LogP contribution < -0.4 is 20.1 Å². The number of methoxy groups -OCH3 is 2. The maximum atomic E-state index is 13.3. The number of nitrogens with one attached hydrogen (secondary N) is 2. The first-order valence-electron chi connectivity index (χ1n) is 14.2. The molecule has 6 heteroatoms. The van der Waals surface area contributed by atoms with Crippen LogP contribution in [0, 0.1) is 46.1 Å². The Kier molecular flexibility index (Phi) is 15.7. The molecule has 0 radical (unpaired) electrons. The molecular weight excluding hydrogens is 530 g/mol. The van der Waals surface area contributed by atoms with Gasteiger partial charge in [-0.2, -0.15) is 0 Å². The van der Waals surface area contributed by atoms with Crippen LogP contribution in [0.15, 0.2) is 60.7 Å². The maximum absolute atomic E-state index is 13.3. The summed E-state index contributed by atoms with van der Waals surface area (Å²) >= 11 is 0. The third kappa shape index (κ3) is 15.4. The SMILES string of the molecule is COc1cc([C@@H](C)NC/C=C/C#CC(C)(C)C)ccc1F.COc1cc([C@@H](C)NC/C=C\C#CC(C)(C)C)ccc1F. The molecule has 2 aromatic rings. The van der Waals surface area contributed by atoms with Crippen LogP contribution in [0.2, 0.25) is 0 Å². The summed E-state index contributed by atoms with van der Waals surface area (Å²) in [5, 5.41) is 6.67. The van der Waals surface area contributed by atoms with Gasteiger partial charge < -0.3 is 20.1 Å². The number of benzene rings is 2. The number of ether oxygens (including phenoxy) is 2. The molecule has 0 amide bonds. The van der Waals surface area contributed by atoms with Crippen LogP contribution in [-0.4, -0.2) is 27.3 Å². The van der Waals surface area contributed by atoms with E-state index >= 15 is 0 Å². The van der Waals surface area contributed by atoms with Gasteiger partial charge >= 0.3 is 0 Å². The number of allylic oxidation sites excluding steroid dienone is 2. The fraction of sp³-hybridized carbons (Fsp3) is 0.444. The molecule has 4 nitrogen and oxygen atoms in total. The van der Waals surface area contributed by atoms with Crippen molar-refractivity contribution < 1.29 is 18.3 Å². The molecule has 0 aliphatic heterocycles. The molecule has 0 heterocycles. The minimum atomic E-state index is -0.342. The predicted molar refractivity (Wildman–Crippen MR) is 171 cm³/mol. The van der Waals surface area contributed by atoms with Crippen molar-refractivity contribution in [1.29, 1.82) is 0 Å². The predicted octanol–water partition coefficient (Wildman–Crippen LogP) is 8.18. The largest absolute Gasteiger partial charge is 0.494 e. The Morgan fingerprint density at radius 1 is 0.690 bits per heavy atom. The summed E-state index contributed by atoms with van der Waals surface area (Å²) in [6, 6.07) is 10.0. The van der Waals surface area contributed by atoms with E-state index in [4.69, 9.17) is 9.47 Å². The van der Waals surface area contributed by atoms with Crippen LogP contribution in [0.4, 0.5) is 8.78 Å². The Bertz CT molecular complexity index is 1190. The highest BCUT2D eigenvalue weighted by atomic mass is 19.1. The zero-order chi connectivity index (χ0) is 31.8. The molecule has 42 heavy (non-hydrogen) atoms. The molecule has 0 spiro atoms. The second kappa shape index (κ2) is 18.1. The lowest BCUT2D eigenvalue weighted by molar-refractivity contribution is 0.385. The molecule has 0 aliphatic carbocycles. The fourth-order valence-corrected chi connectivity index (χ4v) is 3.37. The van der Waals surface area contributed by atoms with Crippen molar-refractivity contribution in [2.45, 2.75) is 67.5 Å². The topological polar surface area (TPSA) is 42.5 Å². The summed E-state index contributed by atoms with van der Waals surface area (Å²) in [6.45, 7) is 18.0. The third-order valence-corrected chi connectivity index (χ3v) is 5.73. The van der Waals surface area contributed by atoms with Gasteiger partial charge in [0.15, 0.2) is 23.1 Å². The van der Waals surface area contributed by atoms with Gasteiger partial charge in [0.25, 0.3) is 0 Å². The van der Waals surface area contributed by atoms with E-state index in [-0.39, 0.29) is 46.0 Å². The average Bonchev–Trinajstić information content (AvgIpc) is 2.92. The zero-order valence-corrected chi connectivity index (χ0v) is 26.9. The van der Waals surface area contributed by atoms with Gasteiger partial charge in [-0.05, 0) is 103 Å². The zero-order valence-electron chi connectivity index (χ0n) is 26.9. The lowest BCUT2D eigenvalue weighted by Crippen LogP contribution is -2.18. The molecule has 2 aromatic carbocycles. The van der Waals surface area contributed by atoms with Gasteiger partial charge in [0.05, 0.1) is 14.2 Å². The minimum Gasteiger partial charge on any atom is -0.494 e. The Hall–Kier alpha value is -3.58. The van der Waals surface area contributed by atoms with E-state index < -0.39 is 0 Å². The average molecular weight is 579 g/mol. The van der Waals surface area contributed by atoms with E-state index in [1.807, 2.05) is 38.2 Å². The first kappa shape index (κ1) is 36.4. The molecule has 0 aliphatic rings. The lowest BCUT2D eigenvalue weighted by atomic mass is 9.98. The third-order valence-electron chi connectivity index (χ3n) is 5.73. The van der Waals surface area contributed by atoms with Gasteiger partial charge in [-0.1, -0.05) is 48.0 Å². The molecule has 2 rings (SSSR count). The highest BCUT2D eigenvalue weighted by Crippen LogP contribution is 2.23. The molecule has 0 fully saturated rings. The quantitative estimate of drug-likeness (QED) is 0.279. The van der Waals surface area contributed by atoms with E-state index in [9.17, 15) is 8.78 Å². The number of halogens is 2. The lowest BCUT2D eigenvalue weighted by Gasteiger charge is -2.14. The van der Waals surface area contributed by atoms with Gasteiger partial charge in [0.2, 0.25) is 0 Å². The van der Waals surface area contributed by atoms with E-state index in [2.05, 4.69) is 75.9 Å². The van der Waals surface area contributed by atoms with Crippen LogP contribution in [0.1, 0.15) is 78.6 Å². The van der Waals surface area contributed by atoms with Crippen LogP contribution in [0.25, 0.3) is 0 Å². The monoisotopic (exact) mass is 578 g/mol. The fourth-order valence-electron chi connectivity index (χ4n) is 3.37. The first-order valence-corrected chi connectivity index (χ1v) is 14.2. The Morgan fingerprint density at radius 2 is 1.05 bits per heavy atom. The van der Waals surface area contributed by atoms with Crippen molar-refractivity contribution >= 4 is 0 Å². The summed E-state index contributed by atoms with van der Waals surface area (Å²) in [5.41, 5.74) is 2.02. The van der Waals surface area contributed by atoms with E-state index in [1.54, 1.807) is 24.3 Å². The first-order chi connectivity index (χ1) is 19.7. The number of hydrogen-bond donors (Lipinski definition) is 2. The molecule has 0 unspecified atom stereocenters. The second-order valence-electron chi connectivity index (χ2n) is 11.9. The summed E-state index contributed by atoms with van der Waals surface area (Å²) < 4.78 is 36.7. The minimum absolute atomic E-state index is 0.0235. The highest BCUT2D eigenvalue weighted by molar-refractivity contribution is 5.33. The van der Waals surface area contributed by atoms with Gasteiger partial charge in [-0.3, -0.25) is 0 Å². The van der Waals surface area contributed by atoms with Crippen molar-refractivity contribution in [2.75, 3.05) is 27.3 Å². The van der Waals surface area contributed by atoms with Crippen LogP contribution in [0.5, 0.6) is 11.5 Å². The molecule has 0 aromatic heterocycles. The maximum Gasteiger partial charge on any atom is 0.165 e. The Morgan fingerprint density at radius 3 is 1.36 bits per heavy atom. The van der Waals surface area contributed by atoms with Crippen LogP contribution >= 0.6 is 0 Å². The van der Waals surface area contributed by atoms with E-state index in [0.29, 0.717) is 13.1 Å². The van der Waals surface area contributed by atoms with Crippen LogP contribution in [0.3, 0.4) is 0 Å². The van der Waals surface area contributed by atoms with Crippen molar-refractivity contribution in [2.24, 2.45) is 10.8 Å². The smallest absolute Gasteiger partial charge is 0.165 e. The summed E-state index contributed by atoms with van der Waals surface area (Å²) in [7, 11) is 2.94. The molecule has 228 valence electrons. The normalized spacial score (nSPS) is 12.9. The van der Waals surface area contributed by atoms with Crippen molar-refractivity contribution in [3.63, 3.8) is 0 Å². The van der Waals surface area contributed by atoms with Crippen molar-refractivity contribution in [3.05, 3.63) is 83.5 Å². The van der Waals surface area contributed by atoms with Crippen molar-refractivity contribution in [3.8, 4) is 35.2 Å².